The van der Waals surface area contributed by atoms with Crippen LogP contribution in [0.3, 0.4) is 0 Å². The zero-order valence-electron chi connectivity index (χ0n) is 11.9. The fourth-order valence-corrected chi connectivity index (χ4v) is 2.50. The van der Waals surface area contributed by atoms with Crippen molar-refractivity contribution >= 4 is 16.7 Å². The largest absolute Gasteiger partial charge is 0.379 e. The van der Waals surface area contributed by atoms with Crippen LogP contribution in [-0.2, 0) is 4.74 Å². The van der Waals surface area contributed by atoms with Crippen molar-refractivity contribution in [1.29, 1.82) is 0 Å². The second kappa shape index (κ2) is 6.78. The molecule has 5 nitrogen and oxygen atoms in total. The topological polar surface area (TPSA) is 50.3 Å². The first-order chi connectivity index (χ1) is 10.3. The number of nitrogens with zero attached hydrogens (tertiary/aromatic N) is 3. The lowest BCUT2D eigenvalue weighted by atomic mass is 10.2. The van der Waals surface area contributed by atoms with E-state index in [4.69, 9.17) is 4.74 Å². The van der Waals surface area contributed by atoms with Gasteiger partial charge >= 0.3 is 0 Å². The molecule has 0 bridgehead atoms. The molecule has 0 saturated carbocycles. The van der Waals surface area contributed by atoms with Crippen LogP contribution in [0.4, 0.5) is 10.2 Å². The van der Waals surface area contributed by atoms with E-state index in [0.717, 1.165) is 56.7 Å². The lowest BCUT2D eigenvalue weighted by molar-refractivity contribution is 0.0378. The van der Waals surface area contributed by atoms with Crippen molar-refractivity contribution < 1.29 is 9.13 Å². The zero-order valence-corrected chi connectivity index (χ0v) is 11.9. The first kappa shape index (κ1) is 14.2. The maximum absolute atomic E-state index is 13.3. The van der Waals surface area contributed by atoms with Crippen molar-refractivity contribution in [1.82, 2.24) is 14.9 Å². The lowest BCUT2D eigenvalue weighted by Gasteiger charge is -2.26. The third kappa shape index (κ3) is 3.65. The highest BCUT2D eigenvalue weighted by Gasteiger charge is 2.09. The van der Waals surface area contributed by atoms with Crippen LogP contribution < -0.4 is 5.32 Å². The van der Waals surface area contributed by atoms with Gasteiger partial charge in [0, 0.05) is 25.0 Å². The predicted molar refractivity (Wildman–Crippen MR) is 79.9 cm³/mol. The summed E-state index contributed by atoms with van der Waals surface area (Å²) in [5.74, 6) is 0.426. The Labute approximate surface area is 123 Å². The third-order valence-electron chi connectivity index (χ3n) is 3.64. The summed E-state index contributed by atoms with van der Waals surface area (Å²) in [7, 11) is 0. The molecule has 6 heteroatoms. The Balaban J connectivity index is 1.56. The molecular formula is C15H19FN4O. The van der Waals surface area contributed by atoms with Crippen LogP contribution >= 0.6 is 0 Å². The molecule has 1 aromatic carbocycles. The smallest absolute Gasteiger partial charge is 0.137 e. The summed E-state index contributed by atoms with van der Waals surface area (Å²) < 4.78 is 18.7. The van der Waals surface area contributed by atoms with Crippen LogP contribution in [-0.4, -0.2) is 54.3 Å². The van der Waals surface area contributed by atoms with E-state index < -0.39 is 0 Å². The van der Waals surface area contributed by atoms with Gasteiger partial charge in [-0.15, -0.1) is 0 Å². The van der Waals surface area contributed by atoms with Gasteiger partial charge in [-0.1, -0.05) is 0 Å². The fourth-order valence-electron chi connectivity index (χ4n) is 2.50. The number of benzene rings is 1. The van der Waals surface area contributed by atoms with Gasteiger partial charge in [0.15, 0.2) is 0 Å². The number of aromatic nitrogens is 2. The van der Waals surface area contributed by atoms with Gasteiger partial charge < -0.3 is 10.1 Å². The molecule has 0 aliphatic carbocycles. The Bertz CT molecular complexity index is 601. The summed E-state index contributed by atoms with van der Waals surface area (Å²) in [4.78, 5) is 10.7. The van der Waals surface area contributed by atoms with E-state index in [9.17, 15) is 4.39 Å². The summed E-state index contributed by atoms with van der Waals surface area (Å²) in [6.45, 7) is 5.49. The Hall–Kier alpha value is -1.79. The molecule has 1 aliphatic rings. The second-order valence-electron chi connectivity index (χ2n) is 5.12. The van der Waals surface area contributed by atoms with E-state index in [-0.39, 0.29) is 5.82 Å². The summed E-state index contributed by atoms with van der Waals surface area (Å²) in [6.07, 6.45) is 2.52. The molecule has 0 amide bonds. The molecule has 3 rings (SSSR count). The highest BCUT2D eigenvalue weighted by Crippen LogP contribution is 2.19. The molecule has 0 radical (unpaired) electrons. The summed E-state index contributed by atoms with van der Waals surface area (Å²) in [6, 6.07) is 4.56. The van der Waals surface area contributed by atoms with Crippen molar-refractivity contribution in [2.45, 2.75) is 6.42 Å². The number of morpholine rings is 1. The highest BCUT2D eigenvalue weighted by molar-refractivity contribution is 5.88. The molecule has 1 saturated heterocycles. The molecule has 2 heterocycles. The molecule has 1 fully saturated rings. The number of anilines is 1. The van der Waals surface area contributed by atoms with Gasteiger partial charge in [-0.2, -0.15) is 0 Å². The van der Waals surface area contributed by atoms with Crippen LogP contribution in [0.1, 0.15) is 6.42 Å². The normalized spacial score (nSPS) is 16.2. The molecule has 112 valence electrons. The monoisotopic (exact) mass is 290 g/mol. The number of fused-ring (bicyclic) bond motifs is 1. The number of ether oxygens (including phenoxy) is 1. The first-order valence-electron chi connectivity index (χ1n) is 7.27. The van der Waals surface area contributed by atoms with E-state index in [0.29, 0.717) is 5.82 Å². The standard InChI is InChI=1S/C15H19FN4O/c16-12-2-3-14-13(10-12)15(19-11-18-14)17-4-1-5-20-6-8-21-9-7-20/h2-3,10-11H,1,4-9H2,(H,17,18,19). The van der Waals surface area contributed by atoms with Crippen LogP contribution in [0.5, 0.6) is 0 Å². The molecule has 1 aliphatic heterocycles. The zero-order chi connectivity index (χ0) is 14.5. The van der Waals surface area contributed by atoms with Crippen LogP contribution in [0.15, 0.2) is 24.5 Å². The van der Waals surface area contributed by atoms with Gasteiger partial charge in [0.2, 0.25) is 0 Å². The lowest BCUT2D eigenvalue weighted by Crippen LogP contribution is -2.37. The first-order valence-corrected chi connectivity index (χ1v) is 7.27. The van der Waals surface area contributed by atoms with Gasteiger partial charge in [0.25, 0.3) is 0 Å². The number of nitrogens with one attached hydrogen (secondary N) is 1. The Morgan fingerprint density at radius 1 is 1.24 bits per heavy atom. The van der Waals surface area contributed by atoms with Gasteiger partial charge in [-0.3, -0.25) is 4.90 Å². The quantitative estimate of drug-likeness (QED) is 0.852. The Kier molecular flexibility index (Phi) is 4.57. The predicted octanol–water partition coefficient (Wildman–Crippen LogP) is 1.90. The van der Waals surface area contributed by atoms with Crippen molar-refractivity contribution in [2.24, 2.45) is 0 Å². The third-order valence-corrected chi connectivity index (χ3v) is 3.64. The van der Waals surface area contributed by atoms with Gasteiger partial charge in [-0.25, -0.2) is 14.4 Å². The molecule has 2 aromatic rings. The number of hydrogen-bond acceptors (Lipinski definition) is 5. The van der Waals surface area contributed by atoms with E-state index >= 15 is 0 Å². The van der Waals surface area contributed by atoms with Crippen LogP contribution in [0.25, 0.3) is 10.9 Å². The van der Waals surface area contributed by atoms with E-state index in [1.165, 1.54) is 18.5 Å². The Morgan fingerprint density at radius 3 is 2.95 bits per heavy atom. The van der Waals surface area contributed by atoms with Crippen LogP contribution in [0.2, 0.25) is 0 Å². The van der Waals surface area contributed by atoms with E-state index in [1.807, 2.05) is 0 Å². The SMILES string of the molecule is Fc1ccc2ncnc(NCCCN3CCOCC3)c2c1. The maximum atomic E-state index is 13.3. The summed E-state index contributed by atoms with van der Waals surface area (Å²) in [5.41, 5.74) is 0.752. The molecule has 1 N–H and O–H groups in total. The minimum absolute atomic E-state index is 0.270. The van der Waals surface area contributed by atoms with Crippen molar-refractivity contribution in [2.75, 3.05) is 44.7 Å². The Morgan fingerprint density at radius 2 is 2.10 bits per heavy atom. The summed E-state index contributed by atoms with van der Waals surface area (Å²) in [5, 5.41) is 4.00. The molecule has 1 aromatic heterocycles. The molecular weight excluding hydrogens is 271 g/mol. The van der Waals surface area contributed by atoms with Crippen molar-refractivity contribution in [3.63, 3.8) is 0 Å². The number of hydrogen-bond donors (Lipinski definition) is 1. The fraction of sp³-hybridized carbons (Fsp3) is 0.467. The number of halogens is 1. The van der Waals surface area contributed by atoms with E-state index in [2.05, 4.69) is 20.2 Å². The van der Waals surface area contributed by atoms with Gasteiger partial charge in [0.1, 0.15) is 18.0 Å². The van der Waals surface area contributed by atoms with Gasteiger partial charge in [0.05, 0.1) is 18.7 Å². The second-order valence-corrected chi connectivity index (χ2v) is 5.12. The van der Waals surface area contributed by atoms with Crippen LogP contribution in [0, 0.1) is 5.82 Å². The van der Waals surface area contributed by atoms with Crippen molar-refractivity contribution in [3.8, 4) is 0 Å². The van der Waals surface area contributed by atoms with Gasteiger partial charge in [-0.05, 0) is 31.2 Å². The molecule has 0 spiro atoms. The average Bonchev–Trinajstić information content (AvgIpc) is 2.53. The minimum atomic E-state index is -0.270. The van der Waals surface area contributed by atoms with Crippen molar-refractivity contribution in [3.05, 3.63) is 30.3 Å². The minimum Gasteiger partial charge on any atom is -0.379 e. The molecule has 21 heavy (non-hydrogen) atoms. The summed E-state index contributed by atoms with van der Waals surface area (Å²) >= 11 is 0. The van der Waals surface area contributed by atoms with E-state index in [1.54, 1.807) is 6.07 Å². The molecule has 0 atom stereocenters. The average molecular weight is 290 g/mol. The molecule has 0 unspecified atom stereocenters. The maximum Gasteiger partial charge on any atom is 0.137 e. The number of rotatable bonds is 5. The highest BCUT2D eigenvalue weighted by atomic mass is 19.1.